The second kappa shape index (κ2) is 7.89. The molecule has 0 aliphatic heterocycles. The Morgan fingerprint density at radius 2 is 2.32 bits per heavy atom. The van der Waals surface area contributed by atoms with Crippen molar-refractivity contribution in [3.8, 4) is 5.88 Å². The van der Waals surface area contributed by atoms with Gasteiger partial charge in [-0.05, 0) is 18.7 Å². The van der Waals surface area contributed by atoms with Crippen LogP contribution in [0.5, 0.6) is 5.88 Å². The first-order valence-corrected chi connectivity index (χ1v) is 7.41. The predicted octanol–water partition coefficient (Wildman–Crippen LogP) is 2.38. The molecule has 0 aromatic carbocycles. The topological polar surface area (TPSA) is 54.5 Å². The van der Waals surface area contributed by atoms with E-state index in [4.69, 9.17) is 4.74 Å². The van der Waals surface area contributed by atoms with Gasteiger partial charge in [-0.2, -0.15) is 11.8 Å². The number of anilines is 1. The van der Waals surface area contributed by atoms with Crippen LogP contribution < -0.4 is 15.0 Å². The second-order valence-corrected chi connectivity index (χ2v) is 5.46. The van der Waals surface area contributed by atoms with Crippen LogP contribution in [-0.4, -0.2) is 43.2 Å². The van der Waals surface area contributed by atoms with Crippen molar-refractivity contribution in [3.63, 3.8) is 0 Å². The summed E-state index contributed by atoms with van der Waals surface area (Å²) in [4.78, 5) is 17.5. The SMILES string of the molecule is COc1ccc(N(C)C(=O)NCCC(C)SC)cn1. The minimum atomic E-state index is -0.125. The highest BCUT2D eigenvalue weighted by Crippen LogP contribution is 2.15. The average molecular weight is 283 g/mol. The number of nitrogens with one attached hydrogen (secondary N) is 1. The van der Waals surface area contributed by atoms with E-state index in [0.29, 0.717) is 17.7 Å². The molecule has 106 valence electrons. The van der Waals surface area contributed by atoms with Crippen molar-refractivity contribution in [2.45, 2.75) is 18.6 Å². The van der Waals surface area contributed by atoms with Crippen molar-refractivity contribution in [2.24, 2.45) is 0 Å². The first-order chi connectivity index (χ1) is 9.08. The maximum absolute atomic E-state index is 11.9. The number of aromatic nitrogens is 1. The number of carbonyl (C=O) groups excluding carboxylic acids is 1. The number of thioether (sulfide) groups is 1. The molecule has 0 saturated carbocycles. The molecular weight excluding hydrogens is 262 g/mol. The van der Waals surface area contributed by atoms with Crippen LogP contribution in [0.4, 0.5) is 10.5 Å². The van der Waals surface area contributed by atoms with Crippen LogP contribution in [0.2, 0.25) is 0 Å². The number of urea groups is 1. The molecular formula is C13H21N3O2S. The summed E-state index contributed by atoms with van der Waals surface area (Å²) in [5.41, 5.74) is 0.733. The molecule has 1 aromatic rings. The van der Waals surface area contributed by atoms with Gasteiger partial charge < -0.3 is 10.1 Å². The van der Waals surface area contributed by atoms with Crippen LogP contribution in [-0.2, 0) is 0 Å². The van der Waals surface area contributed by atoms with Gasteiger partial charge in [0.2, 0.25) is 5.88 Å². The molecule has 1 unspecified atom stereocenters. The zero-order valence-corrected chi connectivity index (χ0v) is 12.7. The van der Waals surface area contributed by atoms with Crippen LogP contribution >= 0.6 is 11.8 Å². The normalized spacial score (nSPS) is 11.8. The fourth-order valence-electron chi connectivity index (χ4n) is 1.43. The largest absolute Gasteiger partial charge is 0.481 e. The van der Waals surface area contributed by atoms with Gasteiger partial charge in [0.1, 0.15) is 0 Å². The number of pyridine rings is 1. The van der Waals surface area contributed by atoms with E-state index >= 15 is 0 Å². The smallest absolute Gasteiger partial charge is 0.321 e. The Balaban J connectivity index is 2.47. The maximum Gasteiger partial charge on any atom is 0.321 e. The van der Waals surface area contributed by atoms with Crippen LogP contribution in [0.15, 0.2) is 18.3 Å². The van der Waals surface area contributed by atoms with Gasteiger partial charge in [0.15, 0.2) is 0 Å². The number of carbonyl (C=O) groups is 1. The van der Waals surface area contributed by atoms with Crippen molar-refractivity contribution in [1.29, 1.82) is 0 Å². The van der Waals surface area contributed by atoms with Crippen LogP contribution in [0.3, 0.4) is 0 Å². The molecule has 1 N–H and O–H groups in total. The third-order valence-electron chi connectivity index (χ3n) is 2.85. The Labute approximate surface area is 118 Å². The summed E-state index contributed by atoms with van der Waals surface area (Å²) < 4.78 is 4.98. The van der Waals surface area contributed by atoms with Gasteiger partial charge in [-0.15, -0.1) is 0 Å². The average Bonchev–Trinajstić information content (AvgIpc) is 2.46. The molecule has 6 heteroatoms. The van der Waals surface area contributed by atoms with E-state index in [1.54, 1.807) is 44.2 Å². The molecule has 0 aliphatic carbocycles. The van der Waals surface area contributed by atoms with Gasteiger partial charge in [-0.25, -0.2) is 9.78 Å². The molecule has 0 bridgehead atoms. The van der Waals surface area contributed by atoms with Crippen molar-refractivity contribution < 1.29 is 9.53 Å². The monoisotopic (exact) mass is 283 g/mol. The van der Waals surface area contributed by atoms with Crippen molar-refractivity contribution in [2.75, 3.05) is 31.9 Å². The number of nitrogens with zero attached hydrogens (tertiary/aromatic N) is 2. The molecule has 5 nitrogen and oxygen atoms in total. The van der Waals surface area contributed by atoms with Gasteiger partial charge in [0.05, 0.1) is 19.0 Å². The molecule has 0 radical (unpaired) electrons. The number of methoxy groups -OCH3 is 1. The quantitative estimate of drug-likeness (QED) is 0.871. The summed E-state index contributed by atoms with van der Waals surface area (Å²) >= 11 is 1.80. The van der Waals surface area contributed by atoms with Gasteiger partial charge in [0, 0.05) is 24.9 Å². The Kier molecular flexibility index (Phi) is 6.49. The van der Waals surface area contributed by atoms with Gasteiger partial charge in [-0.1, -0.05) is 6.92 Å². The van der Waals surface area contributed by atoms with E-state index in [9.17, 15) is 4.79 Å². The number of hydrogen-bond acceptors (Lipinski definition) is 4. The number of rotatable bonds is 6. The van der Waals surface area contributed by atoms with E-state index in [2.05, 4.69) is 23.5 Å². The van der Waals surface area contributed by atoms with Crippen molar-refractivity contribution in [1.82, 2.24) is 10.3 Å². The summed E-state index contributed by atoms with van der Waals surface area (Å²) in [6.45, 7) is 2.82. The molecule has 0 aliphatic rings. The molecule has 0 spiro atoms. The van der Waals surface area contributed by atoms with Crippen molar-refractivity contribution >= 4 is 23.5 Å². The highest BCUT2D eigenvalue weighted by atomic mass is 32.2. The van der Waals surface area contributed by atoms with Gasteiger partial charge in [-0.3, -0.25) is 4.90 Å². The van der Waals surface area contributed by atoms with Crippen LogP contribution in [0.25, 0.3) is 0 Å². The Morgan fingerprint density at radius 1 is 1.58 bits per heavy atom. The van der Waals surface area contributed by atoms with Crippen molar-refractivity contribution in [3.05, 3.63) is 18.3 Å². The van der Waals surface area contributed by atoms with Gasteiger partial charge >= 0.3 is 6.03 Å². The summed E-state index contributed by atoms with van der Waals surface area (Å²) in [6.07, 6.45) is 4.65. The van der Waals surface area contributed by atoms with E-state index in [1.807, 2.05) is 0 Å². The molecule has 1 heterocycles. The number of ether oxygens (including phenoxy) is 1. The lowest BCUT2D eigenvalue weighted by Gasteiger charge is -2.18. The Bertz CT molecular complexity index is 397. The lowest BCUT2D eigenvalue weighted by atomic mass is 10.3. The minimum absolute atomic E-state index is 0.125. The molecule has 1 aromatic heterocycles. The molecule has 0 saturated heterocycles. The zero-order valence-electron chi connectivity index (χ0n) is 11.8. The van der Waals surface area contributed by atoms with Gasteiger partial charge in [0.25, 0.3) is 0 Å². The lowest BCUT2D eigenvalue weighted by molar-refractivity contribution is 0.247. The van der Waals surface area contributed by atoms with E-state index in [-0.39, 0.29) is 6.03 Å². The summed E-state index contributed by atoms with van der Waals surface area (Å²) in [6, 6.07) is 3.41. The molecule has 2 amide bonds. The van der Waals surface area contributed by atoms with Crippen LogP contribution in [0.1, 0.15) is 13.3 Å². The Morgan fingerprint density at radius 3 is 2.84 bits per heavy atom. The van der Waals surface area contributed by atoms with E-state index < -0.39 is 0 Å². The third-order valence-corrected chi connectivity index (χ3v) is 3.89. The first kappa shape index (κ1) is 15.6. The molecule has 0 fully saturated rings. The van der Waals surface area contributed by atoms with E-state index in [0.717, 1.165) is 12.1 Å². The standard InChI is InChI=1S/C13H21N3O2S/c1-10(19-4)7-8-14-13(17)16(2)11-5-6-12(18-3)15-9-11/h5-6,9-10H,7-8H2,1-4H3,(H,14,17). The van der Waals surface area contributed by atoms with E-state index in [1.165, 1.54) is 4.90 Å². The molecule has 1 atom stereocenters. The summed E-state index contributed by atoms with van der Waals surface area (Å²) in [5, 5.41) is 3.44. The minimum Gasteiger partial charge on any atom is -0.481 e. The second-order valence-electron chi connectivity index (χ2n) is 4.18. The Hall–Kier alpha value is -1.43. The highest BCUT2D eigenvalue weighted by molar-refractivity contribution is 7.99. The number of hydrogen-bond donors (Lipinski definition) is 1. The number of amides is 2. The summed E-state index contributed by atoms with van der Waals surface area (Å²) in [7, 11) is 3.28. The predicted molar refractivity (Wildman–Crippen MR) is 80.2 cm³/mol. The molecule has 19 heavy (non-hydrogen) atoms. The third kappa shape index (κ3) is 4.98. The first-order valence-electron chi connectivity index (χ1n) is 6.13. The maximum atomic E-state index is 11.9. The molecule has 1 rings (SSSR count). The fourth-order valence-corrected chi connectivity index (χ4v) is 1.78. The fraction of sp³-hybridized carbons (Fsp3) is 0.538. The van der Waals surface area contributed by atoms with Crippen LogP contribution in [0, 0.1) is 0 Å². The lowest BCUT2D eigenvalue weighted by Crippen LogP contribution is -2.38. The summed E-state index contributed by atoms with van der Waals surface area (Å²) in [5.74, 6) is 0.534. The zero-order chi connectivity index (χ0) is 14.3. The highest BCUT2D eigenvalue weighted by Gasteiger charge is 2.11.